The number of hydrogen-bond acceptors (Lipinski definition) is 3. The minimum atomic E-state index is -0.363. The highest BCUT2D eigenvalue weighted by atomic mass is 19.1. The van der Waals surface area contributed by atoms with Gasteiger partial charge < -0.3 is 10.4 Å². The molecule has 1 amide bonds. The number of nitrogens with one attached hydrogen (secondary N) is 1. The fourth-order valence-corrected chi connectivity index (χ4v) is 2.24. The molecule has 0 spiro atoms. The number of halogens is 1. The maximum absolute atomic E-state index is 13.7. The van der Waals surface area contributed by atoms with Gasteiger partial charge in [0, 0.05) is 26.1 Å². The van der Waals surface area contributed by atoms with E-state index in [1.165, 1.54) is 6.07 Å². The van der Waals surface area contributed by atoms with Crippen molar-refractivity contribution in [2.24, 2.45) is 0 Å². The summed E-state index contributed by atoms with van der Waals surface area (Å²) in [6.45, 7) is 2.47. The Kier molecular flexibility index (Phi) is 5.73. The minimum absolute atomic E-state index is 0.0255. The third kappa shape index (κ3) is 4.85. The molecule has 0 atom stereocenters. The summed E-state index contributed by atoms with van der Waals surface area (Å²) >= 11 is 0. The summed E-state index contributed by atoms with van der Waals surface area (Å²) < 4.78 is 13.7. The molecule has 1 aliphatic heterocycles. The van der Waals surface area contributed by atoms with E-state index in [2.05, 4.69) is 17.2 Å². The van der Waals surface area contributed by atoms with Crippen molar-refractivity contribution in [1.82, 2.24) is 10.2 Å². The van der Waals surface area contributed by atoms with Crippen molar-refractivity contribution < 1.29 is 14.3 Å². The lowest BCUT2D eigenvalue weighted by Gasteiger charge is -2.18. The van der Waals surface area contributed by atoms with Crippen LogP contribution in [0.3, 0.4) is 0 Å². The first kappa shape index (κ1) is 15.5. The van der Waals surface area contributed by atoms with Crippen molar-refractivity contribution in [2.75, 3.05) is 26.2 Å². The Morgan fingerprint density at radius 3 is 3.10 bits per heavy atom. The maximum Gasteiger partial charge on any atom is 0.234 e. The van der Waals surface area contributed by atoms with Gasteiger partial charge in [-0.05, 0) is 24.1 Å². The first-order valence-electron chi connectivity index (χ1n) is 7.06. The molecule has 0 radical (unpaired) electrons. The fourth-order valence-electron chi connectivity index (χ4n) is 2.24. The Balaban J connectivity index is 2.08. The van der Waals surface area contributed by atoms with E-state index in [0.717, 1.165) is 18.5 Å². The summed E-state index contributed by atoms with van der Waals surface area (Å²) in [4.78, 5) is 13.6. The number of carbonyl (C=O) groups excluding carboxylic acids is 1. The van der Waals surface area contributed by atoms with Crippen LogP contribution in [0, 0.1) is 17.7 Å². The lowest BCUT2D eigenvalue weighted by Crippen LogP contribution is -2.32. The smallest absolute Gasteiger partial charge is 0.234 e. The Morgan fingerprint density at radius 1 is 1.43 bits per heavy atom. The fraction of sp³-hybridized carbons (Fsp3) is 0.438. The van der Waals surface area contributed by atoms with E-state index in [-0.39, 0.29) is 18.3 Å². The quantitative estimate of drug-likeness (QED) is 0.813. The molecule has 0 unspecified atom stereocenters. The first-order valence-corrected chi connectivity index (χ1v) is 7.06. The summed E-state index contributed by atoms with van der Waals surface area (Å²) in [7, 11) is 0. The van der Waals surface area contributed by atoms with Crippen molar-refractivity contribution in [3.8, 4) is 11.8 Å². The third-order valence-electron chi connectivity index (χ3n) is 3.24. The standard InChI is InChI=1S/C16H19FN2O2/c17-15-6-5-13(10-14(15)4-1-2-9-20)11-19-8-3-7-18-16(21)12-19/h5-6,10,20H,2-3,7-9,11-12H2,(H,18,21). The average molecular weight is 290 g/mol. The Labute approximate surface area is 124 Å². The molecule has 4 nitrogen and oxygen atoms in total. The van der Waals surface area contributed by atoms with E-state index in [4.69, 9.17) is 5.11 Å². The minimum Gasteiger partial charge on any atom is -0.395 e. The lowest BCUT2D eigenvalue weighted by molar-refractivity contribution is -0.121. The molecule has 0 bridgehead atoms. The van der Waals surface area contributed by atoms with Crippen LogP contribution in [-0.4, -0.2) is 42.2 Å². The highest BCUT2D eigenvalue weighted by Gasteiger charge is 2.15. The summed E-state index contributed by atoms with van der Waals surface area (Å²) in [6, 6.07) is 4.83. The zero-order valence-electron chi connectivity index (χ0n) is 11.9. The molecule has 0 saturated carbocycles. The highest BCUT2D eigenvalue weighted by molar-refractivity contribution is 5.78. The molecule has 0 aromatic heterocycles. The van der Waals surface area contributed by atoms with Gasteiger partial charge in [-0.1, -0.05) is 17.9 Å². The molecular weight excluding hydrogens is 271 g/mol. The molecule has 1 aromatic rings. The van der Waals surface area contributed by atoms with E-state index in [1.807, 2.05) is 4.90 Å². The van der Waals surface area contributed by atoms with Gasteiger partial charge in [0.05, 0.1) is 18.7 Å². The summed E-state index contributed by atoms with van der Waals surface area (Å²) in [5, 5.41) is 11.5. The Morgan fingerprint density at radius 2 is 2.29 bits per heavy atom. The van der Waals surface area contributed by atoms with Crippen LogP contribution in [0.4, 0.5) is 4.39 Å². The van der Waals surface area contributed by atoms with Gasteiger partial charge in [0.15, 0.2) is 0 Å². The summed E-state index contributed by atoms with van der Waals surface area (Å²) in [5.41, 5.74) is 1.26. The SMILES string of the molecule is O=C1CN(Cc2ccc(F)c(C#CCCO)c2)CCCN1. The molecule has 1 fully saturated rings. The van der Waals surface area contributed by atoms with Crippen LogP contribution in [0.2, 0.25) is 0 Å². The maximum atomic E-state index is 13.7. The van der Waals surface area contributed by atoms with E-state index in [9.17, 15) is 9.18 Å². The van der Waals surface area contributed by atoms with E-state index < -0.39 is 0 Å². The second-order valence-electron chi connectivity index (χ2n) is 5.00. The monoisotopic (exact) mass is 290 g/mol. The van der Waals surface area contributed by atoms with Crippen molar-refractivity contribution in [1.29, 1.82) is 0 Å². The van der Waals surface area contributed by atoms with Crippen LogP contribution in [0.5, 0.6) is 0 Å². The summed E-state index contributed by atoms with van der Waals surface area (Å²) in [6.07, 6.45) is 1.24. The predicted molar refractivity (Wildman–Crippen MR) is 77.9 cm³/mol. The van der Waals surface area contributed by atoms with Crippen molar-refractivity contribution in [3.05, 3.63) is 35.1 Å². The number of carbonyl (C=O) groups is 1. The molecule has 1 saturated heterocycles. The molecule has 5 heteroatoms. The van der Waals surface area contributed by atoms with Crippen molar-refractivity contribution >= 4 is 5.91 Å². The van der Waals surface area contributed by atoms with Gasteiger partial charge in [-0.2, -0.15) is 0 Å². The zero-order valence-corrected chi connectivity index (χ0v) is 11.9. The largest absolute Gasteiger partial charge is 0.395 e. The molecule has 1 aliphatic rings. The molecule has 112 valence electrons. The number of amides is 1. The number of rotatable bonds is 3. The predicted octanol–water partition coefficient (Wildman–Crippen LogP) is 0.882. The summed E-state index contributed by atoms with van der Waals surface area (Å²) in [5.74, 6) is 5.11. The van der Waals surface area contributed by atoms with E-state index in [0.29, 0.717) is 31.6 Å². The van der Waals surface area contributed by atoms with Crippen LogP contribution >= 0.6 is 0 Å². The molecule has 21 heavy (non-hydrogen) atoms. The third-order valence-corrected chi connectivity index (χ3v) is 3.24. The van der Waals surface area contributed by atoms with Crippen LogP contribution < -0.4 is 5.32 Å². The van der Waals surface area contributed by atoms with E-state index in [1.54, 1.807) is 12.1 Å². The average Bonchev–Trinajstić information content (AvgIpc) is 2.67. The molecule has 1 heterocycles. The van der Waals surface area contributed by atoms with Crippen LogP contribution in [-0.2, 0) is 11.3 Å². The molecule has 1 aromatic carbocycles. The molecule has 2 N–H and O–H groups in total. The van der Waals surface area contributed by atoms with Crippen LogP contribution in [0.1, 0.15) is 24.0 Å². The normalized spacial score (nSPS) is 15.8. The topological polar surface area (TPSA) is 52.6 Å². The Hall–Kier alpha value is -1.90. The molecular formula is C16H19FN2O2. The highest BCUT2D eigenvalue weighted by Crippen LogP contribution is 2.12. The number of nitrogens with zero attached hydrogens (tertiary/aromatic N) is 1. The lowest BCUT2D eigenvalue weighted by atomic mass is 10.1. The van der Waals surface area contributed by atoms with Crippen LogP contribution in [0.25, 0.3) is 0 Å². The zero-order chi connectivity index (χ0) is 15.1. The number of aliphatic hydroxyl groups is 1. The Bertz CT molecular complexity index is 563. The molecule has 2 rings (SSSR count). The van der Waals surface area contributed by atoms with Crippen molar-refractivity contribution in [2.45, 2.75) is 19.4 Å². The van der Waals surface area contributed by atoms with Gasteiger partial charge in [0.1, 0.15) is 5.82 Å². The van der Waals surface area contributed by atoms with Gasteiger partial charge in [-0.15, -0.1) is 0 Å². The van der Waals surface area contributed by atoms with Gasteiger partial charge in [0.25, 0.3) is 0 Å². The van der Waals surface area contributed by atoms with Gasteiger partial charge >= 0.3 is 0 Å². The number of hydrogen-bond donors (Lipinski definition) is 2. The number of benzene rings is 1. The van der Waals surface area contributed by atoms with Crippen LogP contribution in [0.15, 0.2) is 18.2 Å². The second-order valence-corrected chi connectivity index (χ2v) is 5.00. The first-order chi connectivity index (χ1) is 10.2. The van der Waals surface area contributed by atoms with Crippen molar-refractivity contribution in [3.63, 3.8) is 0 Å². The second kappa shape index (κ2) is 7.77. The van der Waals surface area contributed by atoms with Gasteiger partial charge in [0.2, 0.25) is 5.91 Å². The number of aliphatic hydroxyl groups excluding tert-OH is 1. The van der Waals surface area contributed by atoms with Gasteiger partial charge in [-0.25, -0.2) is 4.39 Å². The molecule has 0 aliphatic carbocycles. The van der Waals surface area contributed by atoms with Gasteiger partial charge in [-0.3, -0.25) is 9.69 Å². The van der Waals surface area contributed by atoms with E-state index >= 15 is 0 Å².